The molecule has 1 atom stereocenters. The lowest BCUT2D eigenvalue weighted by atomic mass is 9.95. The minimum absolute atomic E-state index is 0.201. The Morgan fingerprint density at radius 3 is 2.64 bits per heavy atom. The molecule has 0 bridgehead atoms. The second-order valence-corrected chi connectivity index (χ2v) is 6.68. The van der Waals surface area contributed by atoms with Crippen LogP contribution in [0.2, 0.25) is 0 Å². The zero-order chi connectivity index (χ0) is 15.9. The molecule has 1 heterocycles. The van der Waals surface area contributed by atoms with Crippen molar-refractivity contribution in [3.63, 3.8) is 0 Å². The van der Waals surface area contributed by atoms with E-state index in [0.717, 1.165) is 45.3 Å². The van der Waals surface area contributed by atoms with Crippen molar-refractivity contribution in [1.82, 2.24) is 10.2 Å². The molecule has 3 heteroatoms. The van der Waals surface area contributed by atoms with Gasteiger partial charge in [0.05, 0.1) is 0 Å². The predicted octanol–water partition coefficient (Wildman–Crippen LogP) is 3.51. The maximum Gasteiger partial charge on any atom is 0.223 e. The highest BCUT2D eigenvalue weighted by Gasteiger charge is 2.25. The second-order valence-electron chi connectivity index (χ2n) is 6.68. The third-order valence-corrected chi connectivity index (χ3v) is 4.72. The van der Waals surface area contributed by atoms with Crippen molar-refractivity contribution in [2.45, 2.75) is 59.0 Å². The monoisotopic (exact) mass is 302 g/mol. The number of likely N-dealkylation sites (tertiary alicyclic amines) is 1. The molecule has 1 fully saturated rings. The Morgan fingerprint density at radius 1 is 1.32 bits per heavy atom. The zero-order valence-electron chi connectivity index (χ0n) is 14.3. The summed E-state index contributed by atoms with van der Waals surface area (Å²) in [5.41, 5.74) is 2.76. The average molecular weight is 302 g/mol. The van der Waals surface area contributed by atoms with E-state index >= 15 is 0 Å². The van der Waals surface area contributed by atoms with Crippen LogP contribution >= 0.6 is 0 Å². The summed E-state index contributed by atoms with van der Waals surface area (Å²) in [7, 11) is 0. The van der Waals surface area contributed by atoms with Crippen LogP contribution in [0.5, 0.6) is 0 Å². The molecule has 3 nitrogen and oxygen atoms in total. The molecule has 22 heavy (non-hydrogen) atoms. The molecule has 1 aliphatic rings. The maximum absolute atomic E-state index is 12.3. The first-order valence-corrected chi connectivity index (χ1v) is 8.67. The first kappa shape index (κ1) is 17.0. The Morgan fingerprint density at radius 2 is 2.00 bits per heavy atom. The van der Waals surface area contributed by atoms with Gasteiger partial charge in [0.25, 0.3) is 0 Å². The standard InChI is InChI=1S/C19H30N2O/c1-4-7-16(3)20-19(22)17-10-12-21(13-11-17)14-18-9-6-5-8-15(18)2/h5-6,8-9,16-17H,4,7,10-14H2,1-3H3,(H,20,22)/t16-/m0/s1. The van der Waals surface area contributed by atoms with Crippen molar-refractivity contribution < 1.29 is 4.79 Å². The van der Waals surface area contributed by atoms with Gasteiger partial charge in [-0.15, -0.1) is 0 Å². The molecule has 1 saturated heterocycles. The van der Waals surface area contributed by atoms with E-state index in [9.17, 15) is 4.79 Å². The first-order valence-electron chi connectivity index (χ1n) is 8.67. The highest BCUT2D eigenvalue weighted by atomic mass is 16.1. The van der Waals surface area contributed by atoms with Gasteiger partial charge >= 0.3 is 0 Å². The van der Waals surface area contributed by atoms with E-state index in [1.165, 1.54) is 11.1 Å². The topological polar surface area (TPSA) is 32.3 Å². The Bertz CT molecular complexity index is 478. The number of hydrogen-bond acceptors (Lipinski definition) is 2. The zero-order valence-corrected chi connectivity index (χ0v) is 14.3. The molecule has 0 unspecified atom stereocenters. The van der Waals surface area contributed by atoms with Crippen LogP contribution in [0, 0.1) is 12.8 Å². The lowest BCUT2D eigenvalue weighted by Gasteiger charge is -2.32. The van der Waals surface area contributed by atoms with Gasteiger partial charge in [0.1, 0.15) is 0 Å². The minimum Gasteiger partial charge on any atom is -0.353 e. The lowest BCUT2D eigenvalue weighted by molar-refractivity contribution is -0.127. The fourth-order valence-electron chi connectivity index (χ4n) is 3.25. The van der Waals surface area contributed by atoms with Crippen LogP contribution in [0.15, 0.2) is 24.3 Å². The second kappa shape index (κ2) is 8.33. The van der Waals surface area contributed by atoms with Gasteiger partial charge < -0.3 is 5.32 Å². The molecule has 1 aromatic rings. The molecule has 0 saturated carbocycles. The summed E-state index contributed by atoms with van der Waals surface area (Å²) >= 11 is 0. The molecular formula is C19H30N2O. The summed E-state index contributed by atoms with van der Waals surface area (Å²) in [6.07, 6.45) is 4.15. The van der Waals surface area contributed by atoms with Crippen molar-refractivity contribution in [2.24, 2.45) is 5.92 Å². The van der Waals surface area contributed by atoms with Crippen LogP contribution < -0.4 is 5.32 Å². The molecule has 1 N–H and O–H groups in total. The van der Waals surface area contributed by atoms with Crippen molar-refractivity contribution in [3.8, 4) is 0 Å². The number of nitrogens with zero attached hydrogens (tertiary/aromatic N) is 1. The van der Waals surface area contributed by atoms with E-state index in [2.05, 4.69) is 55.3 Å². The average Bonchev–Trinajstić information content (AvgIpc) is 2.50. The number of benzene rings is 1. The predicted molar refractivity (Wildman–Crippen MR) is 91.7 cm³/mol. The fourth-order valence-corrected chi connectivity index (χ4v) is 3.25. The van der Waals surface area contributed by atoms with Crippen LogP contribution in [-0.4, -0.2) is 29.9 Å². The molecule has 0 aliphatic carbocycles. The number of carbonyl (C=O) groups excluding carboxylic acids is 1. The number of nitrogens with one attached hydrogen (secondary N) is 1. The number of amides is 1. The summed E-state index contributed by atoms with van der Waals surface area (Å²) in [5, 5.41) is 3.17. The van der Waals surface area contributed by atoms with E-state index in [-0.39, 0.29) is 11.8 Å². The lowest BCUT2D eigenvalue weighted by Crippen LogP contribution is -2.42. The summed E-state index contributed by atoms with van der Waals surface area (Å²) in [6.45, 7) is 9.49. The Labute approximate surface area is 135 Å². The highest BCUT2D eigenvalue weighted by molar-refractivity contribution is 5.79. The molecule has 0 aromatic heterocycles. The van der Waals surface area contributed by atoms with Crippen molar-refractivity contribution >= 4 is 5.91 Å². The molecule has 1 amide bonds. The SMILES string of the molecule is CCC[C@H](C)NC(=O)C1CCN(Cc2ccccc2C)CC1. The van der Waals surface area contributed by atoms with E-state index in [1.807, 2.05) is 0 Å². The molecule has 2 rings (SSSR count). The van der Waals surface area contributed by atoms with Gasteiger partial charge in [-0.25, -0.2) is 0 Å². The summed E-state index contributed by atoms with van der Waals surface area (Å²) in [5.74, 6) is 0.462. The maximum atomic E-state index is 12.3. The van der Waals surface area contributed by atoms with Gasteiger partial charge in [0, 0.05) is 18.5 Å². The van der Waals surface area contributed by atoms with E-state index < -0.39 is 0 Å². The van der Waals surface area contributed by atoms with Gasteiger partial charge in [-0.1, -0.05) is 37.6 Å². The number of aryl methyl sites for hydroxylation is 1. The van der Waals surface area contributed by atoms with Crippen molar-refractivity contribution in [2.75, 3.05) is 13.1 Å². The van der Waals surface area contributed by atoms with Crippen molar-refractivity contribution in [3.05, 3.63) is 35.4 Å². The third kappa shape index (κ3) is 4.84. The van der Waals surface area contributed by atoms with Crippen LogP contribution in [0.3, 0.4) is 0 Å². The molecule has 0 radical (unpaired) electrons. The van der Waals surface area contributed by atoms with Gasteiger partial charge in [0.2, 0.25) is 5.91 Å². The highest BCUT2D eigenvalue weighted by Crippen LogP contribution is 2.20. The summed E-state index contributed by atoms with van der Waals surface area (Å²) < 4.78 is 0. The Kier molecular flexibility index (Phi) is 6.44. The molecule has 1 aliphatic heterocycles. The Balaban J connectivity index is 1.78. The van der Waals surface area contributed by atoms with Gasteiger partial charge in [-0.2, -0.15) is 0 Å². The van der Waals surface area contributed by atoms with Crippen LogP contribution in [0.4, 0.5) is 0 Å². The number of carbonyl (C=O) groups is 1. The normalized spacial score (nSPS) is 18.1. The molecule has 1 aromatic carbocycles. The number of hydrogen-bond donors (Lipinski definition) is 1. The van der Waals surface area contributed by atoms with Gasteiger partial charge in [-0.3, -0.25) is 9.69 Å². The van der Waals surface area contributed by atoms with E-state index in [1.54, 1.807) is 0 Å². The van der Waals surface area contributed by atoms with Gasteiger partial charge in [-0.05, 0) is 57.3 Å². The Hall–Kier alpha value is -1.35. The first-order chi connectivity index (χ1) is 10.6. The summed E-state index contributed by atoms with van der Waals surface area (Å²) in [6, 6.07) is 8.89. The van der Waals surface area contributed by atoms with Crippen LogP contribution in [0.1, 0.15) is 50.7 Å². The minimum atomic E-state index is 0.201. The smallest absolute Gasteiger partial charge is 0.223 e. The molecule has 122 valence electrons. The van der Waals surface area contributed by atoms with E-state index in [0.29, 0.717) is 6.04 Å². The number of rotatable bonds is 6. The molecule has 0 spiro atoms. The largest absolute Gasteiger partial charge is 0.353 e. The van der Waals surface area contributed by atoms with Crippen molar-refractivity contribution in [1.29, 1.82) is 0 Å². The third-order valence-electron chi connectivity index (χ3n) is 4.72. The molecular weight excluding hydrogens is 272 g/mol. The fraction of sp³-hybridized carbons (Fsp3) is 0.632. The van der Waals surface area contributed by atoms with E-state index in [4.69, 9.17) is 0 Å². The van der Waals surface area contributed by atoms with Crippen LogP contribution in [-0.2, 0) is 11.3 Å². The summed E-state index contributed by atoms with van der Waals surface area (Å²) in [4.78, 5) is 14.7. The quantitative estimate of drug-likeness (QED) is 0.872. The van der Waals surface area contributed by atoms with Gasteiger partial charge in [0.15, 0.2) is 0 Å². The number of piperidine rings is 1. The van der Waals surface area contributed by atoms with Crippen LogP contribution in [0.25, 0.3) is 0 Å².